The summed E-state index contributed by atoms with van der Waals surface area (Å²) in [6.07, 6.45) is 6.26. The lowest BCUT2D eigenvalue weighted by atomic mass is 10.2. The maximum absolute atomic E-state index is 4.82. The molecule has 2 aromatic heterocycles. The summed E-state index contributed by atoms with van der Waals surface area (Å²) in [6, 6.07) is 7.50. The molecule has 2 N–H and O–H groups in total. The monoisotopic (exact) mass is 214 g/mol. The van der Waals surface area contributed by atoms with Gasteiger partial charge in [0, 0.05) is 18.0 Å². The highest BCUT2D eigenvalue weighted by molar-refractivity contribution is 5.61. The lowest BCUT2D eigenvalue weighted by molar-refractivity contribution is 0.338. The van der Waals surface area contributed by atoms with Crippen molar-refractivity contribution in [1.82, 2.24) is 9.97 Å². The summed E-state index contributed by atoms with van der Waals surface area (Å²) >= 11 is 0. The van der Waals surface area contributed by atoms with E-state index in [1.54, 1.807) is 18.6 Å². The zero-order chi connectivity index (χ0) is 11.2. The van der Waals surface area contributed by atoms with Crippen LogP contribution in [0.25, 0.3) is 11.3 Å². The SMILES string of the molecule is NOC=Nc1ccc(-c2ccncc2)nc1. The van der Waals surface area contributed by atoms with Crippen LogP contribution in [0.5, 0.6) is 0 Å². The Morgan fingerprint density at radius 1 is 1.19 bits per heavy atom. The summed E-state index contributed by atoms with van der Waals surface area (Å²) in [5.74, 6) is 4.82. The first-order chi connectivity index (χ1) is 7.90. The highest BCUT2D eigenvalue weighted by atomic mass is 16.6. The number of nitrogens with two attached hydrogens (primary N) is 1. The van der Waals surface area contributed by atoms with Crippen LogP contribution in [0, 0.1) is 0 Å². The zero-order valence-corrected chi connectivity index (χ0v) is 8.45. The lowest BCUT2D eigenvalue weighted by Gasteiger charge is -1.99. The second kappa shape index (κ2) is 4.99. The average Bonchev–Trinajstić information content (AvgIpc) is 2.38. The van der Waals surface area contributed by atoms with Crippen LogP contribution in [-0.2, 0) is 4.84 Å². The van der Waals surface area contributed by atoms with Gasteiger partial charge in [-0.1, -0.05) is 0 Å². The highest BCUT2D eigenvalue weighted by Gasteiger charge is 1.97. The molecule has 0 aromatic carbocycles. The molecule has 0 fully saturated rings. The Morgan fingerprint density at radius 2 is 2.00 bits per heavy atom. The van der Waals surface area contributed by atoms with E-state index in [9.17, 15) is 0 Å². The minimum absolute atomic E-state index is 0.684. The predicted molar refractivity (Wildman–Crippen MR) is 60.9 cm³/mol. The number of aromatic nitrogens is 2. The van der Waals surface area contributed by atoms with E-state index < -0.39 is 0 Å². The molecular weight excluding hydrogens is 204 g/mol. The summed E-state index contributed by atoms with van der Waals surface area (Å²) in [5, 5.41) is 0. The summed E-state index contributed by atoms with van der Waals surface area (Å²) in [4.78, 5) is 16.4. The van der Waals surface area contributed by atoms with Crippen LogP contribution in [0.2, 0.25) is 0 Å². The predicted octanol–water partition coefficient (Wildman–Crippen LogP) is 1.69. The number of rotatable bonds is 3. The third-order valence-electron chi connectivity index (χ3n) is 1.99. The molecule has 0 aliphatic rings. The van der Waals surface area contributed by atoms with Gasteiger partial charge in [0.1, 0.15) is 0 Å². The van der Waals surface area contributed by atoms with Gasteiger partial charge in [-0.15, -0.1) is 0 Å². The summed E-state index contributed by atoms with van der Waals surface area (Å²) < 4.78 is 0. The van der Waals surface area contributed by atoms with Crippen LogP contribution >= 0.6 is 0 Å². The summed E-state index contributed by atoms with van der Waals surface area (Å²) in [7, 11) is 0. The molecule has 0 saturated heterocycles. The van der Waals surface area contributed by atoms with Crippen molar-refractivity contribution in [3.63, 3.8) is 0 Å². The Morgan fingerprint density at radius 3 is 2.62 bits per heavy atom. The Balaban J connectivity index is 2.23. The van der Waals surface area contributed by atoms with E-state index in [1.165, 1.54) is 0 Å². The van der Waals surface area contributed by atoms with Crippen molar-refractivity contribution in [3.05, 3.63) is 42.9 Å². The molecule has 0 spiro atoms. The fraction of sp³-hybridized carbons (Fsp3) is 0. The van der Waals surface area contributed by atoms with Gasteiger partial charge in [0.2, 0.25) is 6.40 Å². The number of aliphatic imine (C=N–C) groups is 1. The quantitative estimate of drug-likeness (QED) is 0.479. The lowest BCUT2D eigenvalue weighted by Crippen LogP contribution is -1.93. The van der Waals surface area contributed by atoms with Gasteiger partial charge >= 0.3 is 0 Å². The third-order valence-corrected chi connectivity index (χ3v) is 1.99. The molecule has 0 atom stereocenters. The molecule has 2 rings (SSSR count). The highest BCUT2D eigenvalue weighted by Crippen LogP contribution is 2.18. The minimum atomic E-state index is 0.684. The van der Waals surface area contributed by atoms with Crippen molar-refractivity contribution in [3.8, 4) is 11.3 Å². The van der Waals surface area contributed by atoms with E-state index in [1.807, 2.05) is 24.3 Å². The summed E-state index contributed by atoms with van der Waals surface area (Å²) in [6.45, 7) is 0. The zero-order valence-electron chi connectivity index (χ0n) is 8.45. The molecule has 5 nitrogen and oxygen atoms in total. The van der Waals surface area contributed by atoms with Crippen LogP contribution in [0.15, 0.2) is 47.8 Å². The molecule has 0 aliphatic carbocycles. The Labute approximate surface area is 92.6 Å². The molecule has 0 radical (unpaired) electrons. The van der Waals surface area contributed by atoms with Gasteiger partial charge in [0.05, 0.1) is 17.6 Å². The van der Waals surface area contributed by atoms with Gasteiger partial charge in [0.15, 0.2) is 0 Å². The maximum Gasteiger partial charge on any atom is 0.201 e. The van der Waals surface area contributed by atoms with E-state index in [4.69, 9.17) is 5.90 Å². The molecular formula is C11H10N4O. The standard InChI is InChI=1S/C11H10N4O/c12-16-8-15-10-1-2-11(14-7-10)9-3-5-13-6-4-9/h1-8H,12H2. The Kier molecular flexibility index (Phi) is 3.20. The van der Waals surface area contributed by atoms with Gasteiger partial charge in [-0.05, 0) is 24.3 Å². The first-order valence-electron chi connectivity index (χ1n) is 4.64. The number of nitrogens with zero attached hydrogens (tertiary/aromatic N) is 3. The van der Waals surface area contributed by atoms with Crippen LogP contribution in [0.1, 0.15) is 0 Å². The molecule has 2 aromatic rings. The average molecular weight is 214 g/mol. The number of pyridine rings is 2. The molecule has 0 amide bonds. The number of hydrogen-bond donors (Lipinski definition) is 1. The second-order valence-corrected chi connectivity index (χ2v) is 3.01. The van der Waals surface area contributed by atoms with E-state index in [2.05, 4.69) is 19.8 Å². The van der Waals surface area contributed by atoms with Crippen LogP contribution in [0.3, 0.4) is 0 Å². The molecule has 0 aliphatic heterocycles. The fourth-order valence-electron chi connectivity index (χ4n) is 1.25. The molecule has 5 heteroatoms. The fourth-order valence-corrected chi connectivity index (χ4v) is 1.25. The van der Waals surface area contributed by atoms with Crippen molar-refractivity contribution in [1.29, 1.82) is 0 Å². The van der Waals surface area contributed by atoms with Crippen molar-refractivity contribution in [2.24, 2.45) is 10.9 Å². The third kappa shape index (κ3) is 2.40. The normalized spacial score (nSPS) is 10.6. The van der Waals surface area contributed by atoms with Gasteiger partial charge in [-0.2, -0.15) is 5.90 Å². The molecule has 0 saturated carbocycles. The minimum Gasteiger partial charge on any atom is -0.399 e. The topological polar surface area (TPSA) is 73.4 Å². The van der Waals surface area contributed by atoms with E-state index >= 15 is 0 Å². The van der Waals surface area contributed by atoms with E-state index in [0.29, 0.717) is 5.69 Å². The van der Waals surface area contributed by atoms with Gasteiger partial charge < -0.3 is 4.84 Å². The van der Waals surface area contributed by atoms with E-state index in [0.717, 1.165) is 17.7 Å². The Bertz CT molecular complexity index is 467. The van der Waals surface area contributed by atoms with Crippen LogP contribution < -0.4 is 5.90 Å². The second-order valence-electron chi connectivity index (χ2n) is 3.01. The Hall–Kier alpha value is -2.27. The first kappa shape index (κ1) is 10.3. The van der Waals surface area contributed by atoms with Crippen molar-refractivity contribution >= 4 is 12.1 Å². The van der Waals surface area contributed by atoms with Gasteiger partial charge in [-0.3, -0.25) is 9.97 Å². The van der Waals surface area contributed by atoms with Crippen LogP contribution in [-0.4, -0.2) is 16.4 Å². The van der Waals surface area contributed by atoms with Gasteiger partial charge in [0.25, 0.3) is 0 Å². The smallest absolute Gasteiger partial charge is 0.201 e. The number of hydrogen-bond acceptors (Lipinski definition) is 5. The summed E-state index contributed by atoms with van der Waals surface area (Å²) in [5.41, 5.74) is 2.57. The maximum atomic E-state index is 4.82. The molecule has 0 bridgehead atoms. The molecule has 80 valence electrons. The van der Waals surface area contributed by atoms with Crippen LogP contribution in [0.4, 0.5) is 5.69 Å². The molecule has 0 unspecified atom stereocenters. The van der Waals surface area contributed by atoms with Crippen molar-refractivity contribution < 1.29 is 4.84 Å². The largest absolute Gasteiger partial charge is 0.399 e. The van der Waals surface area contributed by atoms with Crippen molar-refractivity contribution in [2.75, 3.05) is 0 Å². The van der Waals surface area contributed by atoms with Gasteiger partial charge in [-0.25, -0.2) is 4.99 Å². The molecule has 16 heavy (non-hydrogen) atoms. The molecule has 2 heterocycles. The van der Waals surface area contributed by atoms with Crippen molar-refractivity contribution in [2.45, 2.75) is 0 Å². The van der Waals surface area contributed by atoms with E-state index in [-0.39, 0.29) is 0 Å². The first-order valence-corrected chi connectivity index (χ1v) is 4.64.